The second-order valence-corrected chi connectivity index (χ2v) is 13.4. The SMILES string of the molecule is C#C.CS(=O)N1CC2(CN(c3ccc(-c4n[nH]c5ccc(OCc6c(Cl)cncc6Cl)cc45)cn3)C2)C1.OSc1ccccc1. The third kappa shape index (κ3) is 7.44. The highest BCUT2D eigenvalue weighted by atomic mass is 35.5. The molecule has 5 heterocycles. The number of aromatic amines is 1. The monoisotopic (exact) mass is 680 g/mol. The van der Waals surface area contributed by atoms with Crippen molar-refractivity contribution in [3.05, 3.63) is 94.9 Å². The zero-order valence-corrected chi connectivity index (χ0v) is 27.4. The summed E-state index contributed by atoms with van der Waals surface area (Å²) >= 11 is 13.2. The summed E-state index contributed by atoms with van der Waals surface area (Å²) in [6.45, 7) is 3.93. The lowest BCUT2D eigenvalue weighted by Gasteiger charge is -2.59. The Morgan fingerprint density at radius 1 is 1.02 bits per heavy atom. The van der Waals surface area contributed by atoms with Gasteiger partial charge in [0.05, 0.1) is 26.5 Å². The molecule has 2 aromatic carbocycles. The van der Waals surface area contributed by atoms with E-state index in [4.69, 9.17) is 37.5 Å². The van der Waals surface area contributed by atoms with Crippen LogP contribution in [0.15, 0.2) is 84.1 Å². The predicted molar refractivity (Wildman–Crippen MR) is 183 cm³/mol. The minimum Gasteiger partial charge on any atom is -0.489 e. The zero-order valence-electron chi connectivity index (χ0n) is 24.3. The Morgan fingerprint density at radius 3 is 2.33 bits per heavy atom. The Balaban J connectivity index is 0.000000346. The van der Waals surface area contributed by atoms with Crippen LogP contribution in [0, 0.1) is 18.3 Å². The number of nitrogens with zero attached hydrogens (tertiary/aromatic N) is 5. The third-order valence-corrected chi connectivity index (χ3v) is 9.62. The van der Waals surface area contributed by atoms with Crippen LogP contribution in [0.1, 0.15) is 5.56 Å². The lowest BCUT2D eigenvalue weighted by atomic mass is 9.74. The standard InChI is InChI=1S/C24H22Cl2N6O2S.C6H6OS.C2H2/c1-35(33)32-13-24(14-32)11-31(12-24)22-5-2-15(7-28-22)23-17-6-16(3-4-21(17)29-30-23)34-10-18-19(25)8-27-9-20(18)26;7-8-6-4-2-1-3-5-6;1-2/h2-9H,10-14H2,1H3,(H,29,30);1-5,7H;1-2H. The van der Waals surface area contributed by atoms with Crippen LogP contribution in [-0.2, 0) is 17.6 Å². The van der Waals surface area contributed by atoms with Crippen LogP contribution in [0.2, 0.25) is 10.0 Å². The number of benzene rings is 2. The molecule has 0 bridgehead atoms. The van der Waals surface area contributed by atoms with E-state index in [2.05, 4.69) is 32.9 Å². The molecule has 5 aromatic rings. The van der Waals surface area contributed by atoms with Gasteiger partial charge in [-0.2, -0.15) is 5.10 Å². The van der Waals surface area contributed by atoms with Crippen molar-refractivity contribution in [1.82, 2.24) is 24.5 Å². The summed E-state index contributed by atoms with van der Waals surface area (Å²) in [6.07, 6.45) is 14.7. The average molecular weight is 682 g/mol. The van der Waals surface area contributed by atoms with Crippen molar-refractivity contribution < 1.29 is 13.5 Å². The number of hydrogen-bond acceptors (Lipinski definition) is 8. The maximum Gasteiger partial charge on any atom is 0.128 e. The van der Waals surface area contributed by atoms with Gasteiger partial charge in [-0.15, -0.1) is 12.8 Å². The molecule has 2 fully saturated rings. The number of terminal acetylenes is 1. The Hall–Kier alpha value is -3.63. The highest BCUT2D eigenvalue weighted by molar-refractivity contribution is 7.93. The fourth-order valence-electron chi connectivity index (χ4n) is 5.24. The molecule has 45 heavy (non-hydrogen) atoms. The van der Waals surface area contributed by atoms with Crippen LogP contribution in [0.25, 0.3) is 22.2 Å². The summed E-state index contributed by atoms with van der Waals surface area (Å²) < 4.78 is 28.0. The summed E-state index contributed by atoms with van der Waals surface area (Å²) in [6, 6.07) is 19.2. The molecule has 0 aliphatic carbocycles. The van der Waals surface area contributed by atoms with E-state index in [1.54, 1.807) is 18.6 Å². The highest BCUT2D eigenvalue weighted by Gasteiger charge is 2.53. The van der Waals surface area contributed by atoms with Crippen molar-refractivity contribution in [2.45, 2.75) is 11.5 Å². The van der Waals surface area contributed by atoms with E-state index in [0.717, 1.165) is 71.1 Å². The Kier molecular flexibility index (Phi) is 10.7. The molecule has 1 unspecified atom stereocenters. The van der Waals surface area contributed by atoms with Crippen molar-refractivity contribution in [1.29, 1.82) is 0 Å². The van der Waals surface area contributed by atoms with Gasteiger partial charge in [0.2, 0.25) is 0 Å². The molecule has 7 rings (SSSR count). The maximum atomic E-state index is 11.6. The lowest BCUT2D eigenvalue weighted by molar-refractivity contribution is 0.0434. The fraction of sp³-hybridized carbons (Fsp3) is 0.219. The number of hydrogen-bond donors (Lipinski definition) is 2. The van der Waals surface area contributed by atoms with E-state index in [9.17, 15) is 4.21 Å². The Morgan fingerprint density at radius 2 is 1.73 bits per heavy atom. The number of rotatable bonds is 7. The first-order valence-corrected chi connectivity index (χ1v) is 16.8. The van der Waals surface area contributed by atoms with Crippen LogP contribution in [0.3, 0.4) is 0 Å². The lowest BCUT2D eigenvalue weighted by Crippen LogP contribution is -2.72. The van der Waals surface area contributed by atoms with Crippen LogP contribution < -0.4 is 9.64 Å². The maximum absolute atomic E-state index is 11.6. The molecular weight excluding hydrogens is 651 g/mol. The molecule has 9 nitrogen and oxygen atoms in total. The molecule has 2 saturated heterocycles. The number of fused-ring (bicyclic) bond motifs is 1. The zero-order chi connectivity index (χ0) is 32.0. The van der Waals surface area contributed by atoms with Gasteiger partial charge in [-0.05, 0) is 42.5 Å². The smallest absolute Gasteiger partial charge is 0.128 e. The number of nitrogens with one attached hydrogen (secondary N) is 1. The first-order chi connectivity index (χ1) is 21.8. The first-order valence-electron chi connectivity index (χ1n) is 13.7. The second kappa shape index (κ2) is 14.6. The number of ether oxygens (including phenoxy) is 1. The van der Waals surface area contributed by atoms with Crippen LogP contribution in [0.5, 0.6) is 5.75 Å². The fourth-order valence-corrected chi connectivity index (χ4v) is 6.90. The van der Waals surface area contributed by atoms with Crippen LogP contribution in [-0.4, -0.2) is 65.7 Å². The van der Waals surface area contributed by atoms with Crippen molar-refractivity contribution in [2.75, 3.05) is 37.3 Å². The number of anilines is 1. The molecule has 13 heteroatoms. The van der Waals surface area contributed by atoms with Gasteiger partial charge in [0.25, 0.3) is 0 Å². The molecule has 232 valence electrons. The van der Waals surface area contributed by atoms with Gasteiger partial charge in [-0.25, -0.2) is 13.5 Å². The van der Waals surface area contributed by atoms with E-state index >= 15 is 0 Å². The minimum atomic E-state index is -0.875. The molecule has 3 aromatic heterocycles. The molecule has 0 radical (unpaired) electrons. The summed E-state index contributed by atoms with van der Waals surface area (Å²) in [4.78, 5) is 11.8. The molecule has 1 spiro atoms. The summed E-state index contributed by atoms with van der Waals surface area (Å²) in [5.41, 5.74) is 3.60. The van der Waals surface area contributed by atoms with Gasteiger partial charge < -0.3 is 14.2 Å². The average Bonchev–Trinajstić information content (AvgIpc) is 3.45. The third-order valence-electron chi connectivity index (χ3n) is 7.50. The van der Waals surface area contributed by atoms with Crippen LogP contribution in [0.4, 0.5) is 5.82 Å². The van der Waals surface area contributed by atoms with Gasteiger partial charge >= 0.3 is 0 Å². The van der Waals surface area contributed by atoms with E-state index < -0.39 is 11.0 Å². The normalized spacial score (nSPS) is 15.6. The Labute approximate surface area is 278 Å². The van der Waals surface area contributed by atoms with Gasteiger partial charge in [-0.3, -0.25) is 10.1 Å². The van der Waals surface area contributed by atoms with E-state index in [1.807, 2.05) is 71.2 Å². The summed E-state index contributed by atoms with van der Waals surface area (Å²) in [5, 5.41) is 9.47. The molecule has 0 saturated carbocycles. The van der Waals surface area contributed by atoms with Crippen molar-refractivity contribution in [3.63, 3.8) is 0 Å². The molecule has 2 N–H and O–H groups in total. The van der Waals surface area contributed by atoms with Gasteiger partial charge in [0, 0.05) is 89.9 Å². The number of aromatic nitrogens is 4. The summed E-state index contributed by atoms with van der Waals surface area (Å²) in [7, 11) is -0.875. The second-order valence-electron chi connectivity index (χ2n) is 10.5. The van der Waals surface area contributed by atoms with E-state index in [-0.39, 0.29) is 12.0 Å². The molecule has 2 aliphatic heterocycles. The number of pyridine rings is 2. The molecule has 2 aliphatic rings. The van der Waals surface area contributed by atoms with Gasteiger partial charge in [0.1, 0.15) is 23.9 Å². The van der Waals surface area contributed by atoms with Crippen molar-refractivity contribution >= 4 is 63.0 Å². The van der Waals surface area contributed by atoms with Crippen molar-refractivity contribution in [3.8, 4) is 29.9 Å². The van der Waals surface area contributed by atoms with Crippen molar-refractivity contribution in [2.24, 2.45) is 5.41 Å². The minimum absolute atomic E-state index is 0.235. The van der Waals surface area contributed by atoms with E-state index in [1.165, 1.54) is 0 Å². The quantitative estimate of drug-likeness (QED) is 0.142. The number of H-pyrrole nitrogens is 1. The number of halogens is 2. The predicted octanol–water partition coefficient (Wildman–Crippen LogP) is 6.82. The topological polar surface area (TPSA) is 107 Å². The highest BCUT2D eigenvalue weighted by Crippen LogP contribution is 2.42. The summed E-state index contributed by atoms with van der Waals surface area (Å²) in [5.74, 6) is 1.63. The van der Waals surface area contributed by atoms with Crippen LogP contribution >= 0.6 is 35.2 Å². The first kappa shape index (κ1) is 32.8. The Bertz CT molecular complexity index is 1770. The van der Waals surface area contributed by atoms with Gasteiger partial charge in [0.15, 0.2) is 0 Å². The molecular formula is C32H30Cl2N6O3S2. The van der Waals surface area contributed by atoms with Gasteiger partial charge in [-0.1, -0.05) is 41.4 Å². The largest absolute Gasteiger partial charge is 0.489 e. The van der Waals surface area contributed by atoms with E-state index in [0.29, 0.717) is 21.4 Å². The molecule has 0 amide bonds. The molecule has 1 atom stereocenters.